The number of nitrogens with two attached hydrogens (primary N) is 1. The number of anilines is 5. The van der Waals surface area contributed by atoms with E-state index in [0.717, 1.165) is 29.0 Å². The monoisotopic (exact) mass is 520 g/mol. The fraction of sp³-hybridized carbons (Fsp3) is 0.333. The largest absolute Gasteiger partial charge is 0.454 e. The van der Waals surface area contributed by atoms with Crippen molar-refractivity contribution in [2.45, 2.75) is 13.0 Å². The highest BCUT2D eigenvalue weighted by Crippen LogP contribution is 2.43. The first-order valence-electron chi connectivity index (χ1n) is 12.0. The van der Waals surface area contributed by atoms with Crippen molar-refractivity contribution < 1.29 is 18.9 Å². The van der Waals surface area contributed by atoms with Crippen LogP contribution in [0.3, 0.4) is 0 Å². The third-order valence-electron chi connectivity index (χ3n) is 6.49. The van der Waals surface area contributed by atoms with Crippen LogP contribution in [-0.2, 0) is 27.1 Å². The summed E-state index contributed by atoms with van der Waals surface area (Å²) in [5.41, 5.74) is 8.60. The number of nitrogen functional groups attached to an aromatic ring is 1. The molecule has 2 aliphatic rings. The highest BCUT2D eigenvalue weighted by atomic mass is 16.7. The van der Waals surface area contributed by atoms with E-state index in [1.807, 2.05) is 53.9 Å². The molecule has 4 N–H and O–H groups in total. The molecule has 2 aromatic carbocycles. The summed E-state index contributed by atoms with van der Waals surface area (Å²) in [5.74, 6) is 5.05. The number of fused-ring (bicyclic) bond motifs is 2. The van der Waals surface area contributed by atoms with Gasteiger partial charge < -0.3 is 40.2 Å². The van der Waals surface area contributed by atoms with Gasteiger partial charge in [-0.05, 0) is 30.2 Å². The molecule has 0 fully saturated rings. The van der Waals surface area contributed by atoms with Crippen molar-refractivity contribution in [3.8, 4) is 23.0 Å². The summed E-state index contributed by atoms with van der Waals surface area (Å²) >= 11 is 0. The molecule has 0 amide bonds. The fourth-order valence-corrected chi connectivity index (χ4v) is 4.39. The predicted octanol–water partition coefficient (Wildman–Crippen LogP) is 2.02. The van der Waals surface area contributed by atoms with Crippen LogP contribution in [0.5, 0.6) is 23.0 Å². The van der Waals surface area contributed by atoms with E-state index in [1.165, 1.54) is 0 Å². The SMILES string of the molecule is CN(Cc1ccc(Nc2nnc(N)n2C)c2c1OCO2)c1nnc(NCCc2ccc3c(c2)OCO3)n1C. The molecule has 4 heterocycles. The molecule has 0 bridgehead atoms. The highest BCUT2D eigenvalue weighted by molar-refractivity contribution is 5.71. The first kappa shape index (κ1) is 23.5. The zero-order valence-electron chi connectivity index (χ0n) is 21.3. The third kappa shape index (κ3) is 4.29. The summed E-state index contributed by atoms with van der Waals surface area (Å²) in [5, 5.41) is 23.2. The number of benzene rings is 2. The van der Waals surface area contributed by atoms with E-state index in [0.29, 0.717) is 54.1 Å². The number of aromatic nitrogens is 6. The van der Waals surface area contributed by atoms with E-state index in [-0.39, 0.29) is 13.6 Å². The Morgan fingerprint density at radius 1 is 0.895 bits per heavy atom. The van der Waals surface area contributed by atoms with Gasteiger partial charge in [-0.25, -0.2) is 0 Å². The van der Waals surface area contributed by atoms with Gasteiger partial charge in [-0.2, -0.15) is 0 Å². The van der Waals surface area contributed by atoms with E-state index in [1.54, 1.807) is 11.6 Å². The Morgan fingerprint density at radius 3 is 2.53 bits per heavy atom. The molecular weight excluding hydrogens is 492 g/mol. The summed E-state index contributed by atoms with van der Waals surface area (Å²) in [7, 11) is 5.66. The smallest absolute Gasteiger partial charge is 0.231 e. The van der Waals surface area contributed by atoms with Gasteiger partial charge in [-0.15, -0.1) is 20.4 Å². The molecule has 0 unspecified atom stereocenters. The Kier molecular flexibility index (Phi) is 5.90. The maximum Gasteiger partial charge on any atom is 0.231 e. The molecule has 0 radical (unpaired) electrons. The van der Waals surface area contributed by atoms with Crippen molar-refractivity contribution in [2.24, 2.45) is 14.1 Å². The lowest BCUT2D eigenvalue weighted by molar-refractivity contribution is 0.173. The molecule has 2 aliphatic heterocycles. The molecule has 0 saturated heterocycles. The second kappa shape index (κ2) is 9.53. The van der Waals surface area contributed by atoms with Gasteiger partial charge in [0.15, 0.2) is 23.0 Å². The number of nitrogens with one attached hydrogen (secondary N) is 2. The number of ether oxygens (including phenoxy) is 4. The number of rotatable bonds is 9. The topological polar surface area (TPSA) is 152 Å². The second-order valence-electron chi connectivity index (χ2n) is 9.01. The summed E-state index contributed by atoms with van der Waals surface area (Å²) < 4.78 is 26.0. The van der Waals surface area contributed by atoms with Crippen LogP contribution in [0.1, 0.15) is 11.1 Å². The molecule has 2 aromatic heterocycles. The van der Waals surface area contributed by atoms with Crippen molar-refractivity contribution in [1.82, 2.24) is 29.5 Å². The lowest BCUT2D eigenvalue weighted by atomic mass is 10.1. The van der Waals surface area contributed by atoms with E-state index >= 15 is 0 Å². The van der Waals surface area contributed by atoms with E-state index in [4.69, 9.17) is 24.7 Å². The molecule has 38 heavy (non-hydrogen) atoms. The number of nitrogens with zero attached hydrogens (tertiary/aromatic N) is 7. The van der Waals surface area contributed by atoms with Crippen LogP contribution in [0.4, 0.5) is 29.5 Å². The molecule has 0 aliphatic carbocycles. The summed E-state index contributed by atoms with van der Waals surface area (Å²) in [4.78, 5) is 2.00. The highest BCUT2D eigenvalue weighted by Gasteiger charge is 2.25. The molecular formula is C24H28N10O4. The van der Waals surface area contributed by atoms with Crippen LogP contribution in [0.2, 0.25) is 0 Å². The van der Waals surface area contributed by atoms with Crippen molar-refractivity contribution in [3.63, 3.8) is 0 Å². The fourth-order valence-electron chi connectivity index (χ4n) is 4.39. The Morgan fingerprint density at radius 2 is 1.68 bits per heavy atom. The summed E-state index contributed by atoms with van der Waals surface area (Å²) in [6.45, 7) is 1.63. The van der Waals surface area contributed by atoms with Crippen molar-refractivity contribution in [3.05, 3.63) is 41.5 Å². The molecule has 0 saturated carbocycles. The summed E-state index contributed by atoms with van der Waals surface area (Å²) in [6, 6.07) is 9.88. The van der Waals surface area contributed by atoms with Gasteiger partial charge >= 0.3 is 0 Å². The van der Waals surface area contributed by atoms with Crippen molar-refractivity contribution in [2.75, 3.05) is 48.4 Å². The normalized spacial score (nSPS) is 13.1. The molecule has 4 aromatic rings. The van der Waals surface area contributed by atoms with Gasteiger partial charge in [-0.1, -0.05) is 12.1 Å². The molecule has 14 nitrogen and oxygen atoms in total. The minimum absolute atomic E-state index is 0.132. The van der Waals surface area contributed by atoms with Gasteiger partial charge in [0.05, 0.1) is 5.69 Å². The second-order valence-corrected chi connectivity index (χ2v) is 9.01. The van der Waals surface area contributed by atoms with Gasteiger partial charge in [-0.3, -0.25) is 9.13 Å². The zero-order valence-corrected chi connectivity index (χ0v) is 21.3. The molecule has 0 atom stereocenters. The first-order chi connectivity index (χ1) is 18.5. The molecule has 0 spiro atoms. The quantitative estimate of drug-likeness (QED) is 0.296. The minimum Gasteiger partial charge on any atom is -0.454 e. The lowest BCUT2D eigenvalue weighted by Crippen LogP contribution is -2.21. The Balaban J connectivity index is 1.11. The lowest BCUT2D eigenvalue weighted by Gasteiger charge is -2.19. The van der Waals surface area contributed by atoms with Gasteiger partial charge in [0.2, 0.25) is 37.4 Å². The van der Waals surface area contributed by atoms with Crippen LogP contribution in [0.25, 0.3) is 0 Å². The van der Waals surface area contributed by atoms with Crippen LogP contribution in [0, 0.1) is 0 Å². The van der Waals surface area contributed by atoms with E-state index in [9.17, 15) is 0 Å². The molecule has 6 rings (SSSR count). The van der Waals surface area contributed by atoms with E-state index < -0.39 is 0 Å². The van der Waals surface area contributed by atoms with Crippen LogP contribution >= 0.6 is 0 Å². The predicted molar refractivity (Wildman–Crippen MR) is 139 cm³/mol. The van der Waals surface area contributed by atoms with Gasteiger partial charge in [0.25, 0.3) is 0 Å². The van der Waals surface area contributed by atoms with Crippen molar-refractivity contribution in [1.29, 1.82) is 0 Å². The molecule has 198 valence electrons. The van der Waals surface area contributed by atoms with Crippen LogP contribution in [0.15, 0.2) is 30.3 Å². The summed E-state index contributed by atoms with van der Waals surface area (Å²) in [6.07, 6.45) is 0.805. The Labute approximate surface area is 218 Å². The Bertz CT molecular complexity index is 1480. The average molecular weight is 521 g/mol. The Hall–Kier alpha value is -4.88. The maximum absolute atomic E-state index is 5.81. The van der Waals surface area contributed by atoms with E-state index in [2.05, 4.69) is 31.0 Å². The van der Waals surface area contributed by atoms with Crippen molar-refractivity contribution >= 4 is 29.5 Å². The number of hydrogen-bond acceptors (Lipinski definition) is 12. The van der Waals surface area contributed by atoms with Gasteiger partial charge in [0.1, 0.15) is 0 Å². The zero-order chi connectivity index (χ0) is 26.2. The van der Waals surface area contributed by atoms with Crippen LogP contribution < -0.4 is 40.2 Å². The third-order valence-corrected chi connectivity index (χ3v) is 6.49. The first-order valence-corrected chi connectivity index (χ1v) is 12.0. The standard InChI is InChI=1S/C24H28N10O4/c1-32(11-15-5-6-16(20-19(15)37-13-38-20)27-23-30-28-21(25)33(23)2)24-31-29-22(34(24)3)26-9-8-14-4-7-17-18(10-14)36-12-35-17/h4-7,10H,8-9,11-13H2,1-3H3,(H2,25,28)(H,26,29)(H,27,30). The van der Waals surface area contributed by atoms with Gasteiger partial charge in [0, 0.05) is 39.8 Å². The average Bonchev–Trinajstić information content (AvgIpc) is 3.71. The minimum atomic E-state index is 0.132. The number of hydrogen-bond donors (Lipinski definition) is 3. The van der Waals surface area contributed by atoms with Crippen LogP contribution in [-0.4, -0.2) is 56.7 Å². The molecule has 14 heteroatoms. The maximum atomic E-state index is 5.81.